The van der Waals surface area contributed by atoms with Crippen LogP contribution < -0.4 is 10.6 Å². The van der Waals surface area contributed by atoms with Gasteiger partial charge >= 0.3 is 0 Å². The van der Waals surface area contributed by atoms with E-state index in [1.54, 1.807) is 18.2 Å². The number of hydrogen-bond donors (Lipinski definition) is 3. The van der Waals surface area contributed by atoms with Gasteiger partial charge in [-0.05, 0) is 24.6 Å². The molecule has 0 saturated carbocycles. The van der Waals surface area contributed by atoms with Crippen LogP contribution in [0.25, 0.3) is 11.5 Å². The van der Waals surface area contributed by atoms with E-state index >= 15 is 0 Å². The number of β-amino-alcohol motifs (C(OH)–C–C–N with tert-alkyl or cyclic N) is 1. The smallest absolute Gasteiger partial charge is 0.247 e. The summed E-state index contributed by atoms with van der Waals surface area (Å²) < 4.78 is 5.11. The molecule has 1 aliphatic rings. The van der Waals surface area contributed by atoms with Gasteiger partial charge in [-0.2, -0.15) is 0 Å². The molecule has 2 atom stereocenters. The molecule has 2 unspecified atom stereocenters. The van der Waals surface area contributed by atoms with Crippen LogP contribution >= 0.6 is 0 Å². The normalized spacial score (nSPS) is 21.9. The van der Waals surface area contributed by atoms with Crippen molar-refractivity contribution in [1.29, 1.82) is 0 Å². The second-order valence-electron chi connectivity index (χ2n) is 4.66. The molecule has 1 aromatic heterocycles. The van der Waals surface area contributed by atoms with Gasteiger partial charge in [-0.3, -0.25) is 4.79 Å². The first-order valence-electron chi connectivity index (χ1n) is 6.31. The van der Waals surface area contributed by atoms with E-state index in [0.29, 0.717) is 24.5 Å². The molecule has 2 aromatic rings. The zero-order valence-corrected chi connectivity index (χ0v) is 10.6. The first-order chi connectivity index (χ1) is 9.72. The van der Waals surface area contributed by atoms with Gasteiger partial charge in [0.2, 0.25) is 18.2 Å². The lowest BCUT2D eigenvalue weighted by molar-refractivity contribution is -0.117. The second-order valence-corrected chi connectivity index (χ2v) is 4.66. The van der Waals surface area contributed by atoms with Crippen molar-refractivity contribution in [3.05, 3.63) is 30.7 Å². The van der Waals surface area contributed by atoms with Gasteiger partial charge in [-0.1, -0.05) is 6.07 Å². The average Bonchev–Trinajstić information content (AvgIpc) is 3.10. The Kier molecular flexibility index (Phi) is 3.44. The van der Waals surface area contributed by atoms with E-state index in [1.165, 1.54) is 6.39 Å². The lowest BCUT2D eigenvalue weighted by Gasteiger charge is -2.11. The van der Waals surface area contributed by atoms with Crippen LogP contribution in [0.15, 0.2) is 35.1 Å². The molecule has 3 rings (SSSR count). The van der Waals surface area contributed by atoms with Gasteiger partial charge in [0.15, 0.2) is 0 Å². The minimum atomic E-state index is -0.463. The monoisotopic (exact) mass is 274 g/mol. The number of benzene rings is 1. The molecule has 7 nitrogen and oxygen atoms in total. The number of aliphatic hydroxyl groups excluding tert-OH is 1. The predicted molar refractivity (Wildman–Crippen MR) is 70.8 cm³/mol. The number of rotatable bonds is 3. The van der Waals surface area contributed by atoms with E-state index in [0.717, 1.165) is 5.56 Å². The van der Waals surface area contributed by atoms with Gasteiger partial charge in [-0.25, -0.2) is 0 Å². The minimum absolute atomic E-state index is 0.163. The Bertz CT molecular complexity index is 599. The molecule has 2 heterocycles. The van der Waals surface area contributed by atoms with Crippen molar-refractivity contribution in [1.82, 2.24) is 15.5 Å². The standard InChI is InChI=1S/C13H14N4O3/c18-10-5-11(14-6-10)12(19)16-9-3-1-2-8(4-9)13-17-15-7-20-13/h1-4,7,10-11,14,18H,5-6H2,(H,16,19). The summed E-state index contributed by atoms with van der Waals surface area (Å²) in [6.07, 6.45) is 1.22. The lowest BCUT2D eigenvalue weighted by atomic mass is 10.1. The molecule has 1 saturated heterocycles. The highest BCUT2D eigenvalue weighted by Gasteiger charge is 2.27. The summed E-state index contributed by atoms with van der Waals surface area (Å²) in [6.45, 7) is 0.445. The highest BCUT2D eigenvalue weighted by atomic mass is 16.4. The van der Waals surface area contributed by atoms with E-state index < -0.39 is 6.10 Å². The fourth-order valence-corrected chi connectivity index (χ4v) is 2.17. The van der Waals surface area contributed by atoms with Gasteiger partial charge in [0.05, 0.1) is 12.1 Å². The summed E-state index contributed by atoms with van der Waals surface area (Å²) in [7, 11) is 0. The van der Waals surface area contributed by atoms with Gasteiger partial charge in [0, 0.05) is 17.8 Å². The predicted octanol–water partition coefficient (Wildman–Crippen LogP) is 0.398. The van der Waals surface area contributed by atoms with Crippen LogP contribution in [0.5, 0.6) is 0 Å². The third-order valence-corrected chi connectivity index (χ3v) is 3.16. The molecule has 3 N–H and O–H groups in total. The number of carbonyl (C=O) groups excluding carboxylic acids is 1. The largest absolute Gasteiger partial charge is 0.423 e. The molecule has 104 valence electrons. The number of nitrogens with zero attached hydrogens (tertiary/aromatic N) is 2. The Morgan fingerprint density at radius 2 is 2.40 bits per heavy atom. The number of anilines is 1. The van der Waals surface area contributed by atoms with E-state index in [4.69, 9.17) is 4.42 Å². The molecule has 1 aliphatic heterocycles. The molecule has 0 aliphatic carbocycles. The Hall–Kier alpha value is -2.25. The third kappa shape index (κ3) is 2.68. The fraction of sp³-hybridized carbons (Fsp3) is 0.308. The van der Waals surface area contributed by atoms with Gasteiger partial charge < -0.3 is 20.2 Å². The molecule has 1 aromatic carbocycles. The van der Waals surface area contributed by atoms with Crippen molar-refractivity contribution >= 4 is 11.6 Å². The maximum absolute atomic E-state index is 12.0. The van der Waals surface area contributed by atoms with Crippen LogP contribution in [0.2, 0.25) is 0 Å². The fourth-order valence-electron chi connectivity index (χ4n) is 2.17. The maximum atomic E-state index is 12.0. The van der Waals surface area contributed by atoms with Crippen LogP contribution in [-0.2, 0) is 4.79 Å². The third-order valence-electron chi connectivity index (χ3n) is 3.16. The highest BCUT2D eigenvalue weighted by molar-refractivity contribution is 5.95. The molecule has 1 amide bonds. The molecular weight excluding hydrogens is 260 g/mol. The maximum Gasteiger partial charge on any atom is 0.247 e. The summed E-state index contributed by atoms with van der Waals surface area (Å²) in [5.74, 6) is 0.236. The number of carbonyl (C=O) groups is 1. The Labute approximate surface area is 115 Å². The molecule has 1 fully saturated rings. The van der Waals surface area contributed by atoms with Gasteiger partial charge in [-0.15, -0.1) is 10.2 Å². The first kappa shape index (κ1) is 12.8. The molecule has 0 radical (unpaired) electrons. The Morgan fingerprint density at radius 3 is 3.10 bits per heavy atom. The van der Waals surface area contributed by atoms with Crippen molar-refractivity contribution in [2.24, 2.45) is 0 Å². The molecule has 0 spiro atoms. The van der Waals surface area contributed by atoms with Crippen LogP contribution in [0.4, 0.5) is 5.69 Å². The van der Waals surface area contributed by atoms with Crippen LogP contribution in [-0.4, -0.2) is 39.9 Å². The summed E-state index contributed by atoms with van der Waals surface area (Å²) in [6, 6.07) is 6.80. The van der Waals surface area contributed by atoms with Crippen LogP contribution in [0.3, 0.4) is 0 Å². The van der Waals surface area contributed by atoms with Crippen molar-refractivity contribution in [2.75, 3.05) is 11.9 Å². The van der Waals surface area contributed by atoms with E-state index in [-0.39, 0.29) is 11.9 Å². The van der Waals surface area contributed by atoms with E-state index in [1.807, 2.05) is 6.07 Å². The van der Waals surface area contributed by atoms with Crippen molar-refractivity contribution in [3.63, 3.8) is 0 Å². The topological polar surface area (TPSA) is 100 Å². The van der Waals surface area contributed by atoms with Crippen molar-refractivity contribution < 1.29 is 14.3 Å². The van der Waals surface area contributed by atoms with Gasteiger partial charge in [0.1, 0.15) is 0 Å². The van der Waals surface area contributed by atoms with E-state index in [2.05, 4.69) is 20.8 Å². The number of aliphatic hydroxyl groups is 1. The molecule has 7 heteroatoms. The molecule has 0 bridgehead atoms. The molecule has 20 heavy (non-hydrogen) atoms. The number of aromatic nitrogens is 2. The van der Waals surface area contributed by atoms with Crippen LogP contribution in [0, 0.1) is 0 Å². The van der Waals surface area contributed by atoms with E-state index in [9.17, 15) is 9.90 Å². The quantitative estimate of drug-likeness (QED) is 0.749. The Balaban J connectivity index is 1.71. The molecular formula is C13H14N4O3. The van der Waals surface area contributed by atoms with Crippen molar-refractivity contribution in [2.45, 2.75) is 18.6 Å². The van der Waals surface area contributed by atoms with Crippen molar-refractivity contribution in [3.8, 4) is 11.5 Å². The number of amides is 1. The summed E-state index contributed by atoms with van der Waals surface area (Å²) in [5.41, 5.74) is 1.38. The zero-order valence-electron chi connectivity index (χ0n) is 10.6. The SMILES string of the molecule is O=C(Nc1cccc(-c2nnco2)c1)C1CC(O)CN1. The average molecular weight is 274 g/mol. The minimum Gasteiger partial charge on any atom is -0.423 e. The summed E-state index contributed by atoms with van der Waals surface area (Å²) in [4.78, 5) is 12.0. The Morgan fingerprint density at radius 1 is 1.50 bits per heavy atom. The first-order valence-corrected chi connectivity index (χ1v) is 6.31. The highest BCUT2D eigenvalue weighted by Crippen LogP contribution is 2.20. The zero-order chi connectivity index (χ0) is 13.9. The number of nitrogens with one attached hydrogen (secondary N) is 2. The summed E-state index contributed by atoms with van der Waals surface area (Å²) in [5, 5.41) is 22.6. The number of hydrogen-bond acceptors (Lipinski definition) is 6. The summed E-state index contributed by atoms with van der Waals surface area (Å²) >= 11 is 0. The van der Waals surface area contributed by atoms with Crippen LogP contribution in [0.1, 0.15) is 6.42 Å². The second kappa shape index (κ2) is 5.40. The van der Waals surface area contributed by atoms with Gasteiger partial charge in [0.25, 0.3) is 0 Å². The lowest BCUT2D eigenvalue weighted by Crippen LogP contribution is -2.35.